The highest BCUT2D eigenvalue weighted by molar-refractivity contribution is 5.68. The van der Waals surface area contributed by atoms with Gasteiger partial charge in [0.25, 0.3) is 0 Å². The highest BCUT2D eigenvalue weighted by Gasteiger charge is 2.39. The number of nitrogens with one attached hydrogen (secondary N) is 1. The molecule has 1 aliphatic rings. The molecule has 0 aliphatic heterocycles. The van der Waals surface area contributed by atoms with Crippen molar-refractivity contribution in [3.05, 3.63) is 53.7 Å². The van der Waals surface area contributed by atoms with Gasteiger partial charge in [0.05, 0.1) is 11.3 Å². The summed E-state index contributed by atoms with van der Waals surface area (Å²) in [5.74, 6) is 0.314. The maximum atomic E-state index is 12.9. The monoisotopic (exact) mass is 392 g/mol. The number of pyridine rings is 1. The summed E-state index contributed by atoms with van der Waals surface area (Å²) in [6.45, 7) is 5.44. The Bertz CT molecular complexity index is 842. The van der Waals surface area contributed by atoms with Crippen molar-refractivity contribution in [3.63, 3.8) is 0 Å². The number of amides is 1. The van der Waals surface area contributed by atoms with Crippen LogP contribution in [-0.2, 0) is 17.3 Å². The number of ether oxygens (including phenoxy) is 1. The standard InChI is InChI=1S/C21H23F3N2O2/c1-20(2,3)28-19(27)26-18-11-15(18)9-13-7-8-17(25-12-13)14-5-4-6-16(10-14)21(22,23)24/h4-8,10,12,15,18H,9,11H2,1-3H3,(H,26,27). The van der Waals surface area contributed by atoms with E-state index in [4.69, 9.17) is 4.74 Å². The smallest absolute Gasteiger partial charge is 0.416 e. The van der Waals surface area contributed by atoms with Gasteiger partial charge in [-0.25, -0.2) is 4.79 Å². The van der Waals surface area contributed by atoms with Crippen LogP contribution in [0.3, 0.4) is 0 Å². The van der Waals surface area contributed by atoms with Crippen LogP contribution in [0.2, 0.25) is 0 Å². The molecule has 0 bridgehead atoms. The molecule has 28 heavy (non-hydrogen) atoms. The number of hydrogen-bond donors (Lipinski definition) is 1. The van der Waals surface area contributed by atoms with Crippen molar-refractivity contribution < 1.29 is 22.7 Å². The molecule has 150 valence electrons. The predicted octanol–water partition coefficient (Wildman–Crippen LogP) is 5.22. The zero-order valence-corrected chi connectivity index (χ0v) is 16.0. The molecule has 1 fully saturated rings. The molecule has 7 heteroatoms. The highest BCUT2D eigenvalue weighted by atomic mass is 19.4. The van der Waals surface area contributed by atoms with Gasteiger partial charge >= 0.3 is 12.3 Å². The van der Waals surface area contributed by atoms with Crippen LogP contribution in [0.25, 0.3) is 11.3 Å². The molecule has 0 radical (unpaired) electrons. The first-order valence-corrected chi connectivity index (χ1v) is 9.13. The minimum atomic E-state index is -4.38. The van der Waals surface area contributed by atoms with E-state index in [1.165, 1.54) is 6.07 Å². The maximum absolute atomic E-state index is 12.9. The molecule has 0 saturated heterocycles. The SMILES string of the molecule is CC(C)(C)OC(=O)NC1CC1Cc1ccc(-c2cccc(C(F)(F)F)c2)nc1. The average molecular weight is 392 g/mol. The predicted molar refractivity (Wildman–Crippen MR) is 99.6 cm³/mol. The number of carbonyl (C=O) groups excluding carboxylic acids is 1. The van der Waals surface area contributed by atoms with Crippen LogP contribution in [0, 0.1) is 5.92 Å². The van der Waals surface area contributed by atoms with Crippen molar-refractivity contribution in [1.82, 2.24) is 10.3 Å². The van der Waals surface area contributed by atoms with E-state index >= 15 is 0 Å². The van der Waals surface area contributed by atoms with E-state index in [1.807, 2.05) is 26.8 Å². The van der Waals surface area contributed by atoms with Crippen molar-refractivity contribution in [1.29, 1.82) is 0 Å². The van der Waals surface area contributed by atoms with Crippen LogP contribution in [0.5, 0.6) is 0 Å². The first kappa shape index (κ1) is 20.2. The van der Waals surface area contributed by atoms with Crippen LogP contribution in [0.15, 0.2) is 42.6 Å². The van der Waals surface area contributed by atoms with Gasteiger partial charge in [-0.1, -0.05) is 18.2 Å². The second kappa shape index (κ2) is 7.45. The number of hydrogen-bond acceptors (Lipinski definition) is 3. The van der Waals surface area contributed by atoms with Crippen LogP contribution < -0.4 is 5.32 Å². The molecule has 2 aromatic rings. The molecular formula is C21H23F3N2O2. The zero-order chi connectivity index (χ0) is 20.5. The lowest BCUT2D eigenvalue weighted by Crippen LogP contribution is -2.34. The third-order valence-corrected chi connectivity index (χ3v) is 4.43. The van der Waals surface area contributed by atoms with E-state index in [9.17, 15) is 18.0 Å². The molecule has 1 N–H and O–H groups in total. The van der Waals surface area contributed by atoms with E-state index < -0.39 is 23.4 Å². The van der Waals surface area contributed by atoms with Gasteiger partial charge in [0.1, 0.15) is 5.60 Å². The summed E-state index contributed by atoms with van der Waals surface area (Å²) in [7, 11) is 0. The summed E-state index contributed by atoms with van der Waals surface area (Å²) in [5.41, 5.74) is 0.683. The quantitative estimate of drug-likeness (QED) is 0.776. The number of aromatic nitrogens is 1. The molecule has 0 spiro atoms. The third-order valence-electron chi connectivity index (χ3n) is 4.43. The fourth-order valence-corrected chi connectivity index (χ4v) is 2.98. The number of alkyl halides is 3. The molecule has 1 amide bonds. The molecule has 4 nitrogen and oxygen atoms in total. The van der Waals surface area contributed by atoms with Gasteiger partial charge in [0, 0.05) is 17.8 Å². The largest absolute Gasteiger partial charge is 0.444 e. The van der Waals surface area contributed by atoms with E-state index in [0.29, 0.717) is 17.2 Å². The third kappa shape index (κ3) is 5.47. The minimum absolute atomic E-state index is 0.0815. The van der Waals surface area contributed by atoms with Crippen molar-refractivity contribution in [2.75, 3.05) is 0 Å². The zero-order valence-electron chi connectivity index (χ0n) is 16.0. The van der Waals surface area contributed by atoms with Crippen molar-refractivity contribution >= 4 is 6.09 Å². The van der Waals surface area contributed by atoms with Gasteiger partial charge in [-0.3, -0.25) is 4.98 Å². The topological polar surface area (TPSA) is 51.2 Å². The summed E-state index contributed by atoms with van der Waals surface area (Å²) >= 11 is 0. The van der Waals surface area contributed by atoms with E-state index in [2.05, 4.69) is 10.3 Å². The summed E-state index contributed by atoms with van der Waals surface area (Å²) in [4.78, 5) is 16.1. The number of benzene rings is 1. The van der Waals surface area contributed by atoms with Crippen molar-refractivity contribution in [3.8, 4) is 11.3 Å². The molecule has 2 atom stereocenters. The van der Waals surface area contributed by atoms with Crippen molar-refractivity contribution in [2.24, 2.45) is 5.92 Å². The second-order valence-electron chi connectivity index (χ2n) is 8.08. The van der Waals surface area contributed by atoms with Gasteiger partial charge in [-0.2, -0.15) is 13.2 Å². The Hall–Kier alpha value is -2.57. The maximum Gasteiger partial charge on any atom is 0.416 e. The Morgan fingerprint density at radius 2 is 1.96 bits per heavy atom. The number of alkyl carbamates (subject to hydrolysis) is 1. The van der Waals surface area contributed by atoms with E-state index in [-0.39, 0.29) is 6.04 Å². The van der Waals surface area contributed by atoms with Gasteiger partial charge in [-0.05, 0) is 63.3 Å². The number of nitrogens with zero attached hydrogens (tertiary/aromatic N) is 1. The molecule has 1 aliphatic carbocycles. The Balaban J connectivity index is 1.57. The normalized spacial score (nSPS) is 19.2. The lowest BCUT2D eigenvalue weighted by Gasteiger charge is -2.19. The van der Waals surface area contributed by atoms with Crippen LogP contribution in [0.4, 0.5) is 18.0 Å². The second-order valence-corrected chi connectivity index (χ2v) is 8.08. The first-order chi connectivity index (χ1) is 13.0. The van der Waals surface area contributed by atoms with E-state index in [1.54, 1.807) is 18.3 Å². The Kier molecular flexibility index (Phi) is 5.37. The molecule has 1 aromatic heterocycles. The molecule has 2 unspecified atom stereocenters. The lowest BCUT2D eigenvalue weighted by atomic mass is 10.1. The van der Waals surface area contributed by atoms with Gasteiger partial charge in [0.15, 0.2) is 0 Å². The molecular weight excluding hydrogens is 369 g/mol. The number of rotatable bonds is 4. The van der Waals surface area contributed by atoms with Gasteiger partial charge < -0.3 is 10.1 Å². The van der Waals surface area contributed by atoms with Gasteiger partial charge in [-0.15, -0.1) is 0 Å². The lowest BCUT2D eigenvalue weighted by molar-refractivity contribution is -0.137. The minimum Gasteiger partial charge on any atom is -0.444 e. The summed E-state index contributed by atoms with van der Waals surface area (Å²) in [6.07, 6.45) is -1.50. The molecule has 1 saturated carbocycles. The molecule has 1 aromatic carbocycles. The van der Waals surface area contributed by atoms with Crippen LogP contribution >= 0.6 is 0 Å². The number of halogens is 3. The fraction of sp³-hybridized carbons (Fsp3) is 0.429. The molecule has 1 heterocycles. The van der Waals surface area contributed by atoms with Crippen molar-refractivity contribution in [2.45, 2.75) is 51.4 Å². The Morgan fingerprint density at radius 1 is 1.21 bits per heavy atom. The summed E-state index contributed by atoms with van der Waals surface area (Å²) in [6, 6.07) is 8.81. The fourth-order valence-electron chi connectivity index (χ4n) is 2.98. The van der Waals surface area contributed by atoms with Gasteiger partial charge in [0.2, 0.25) is 0 Å². The number of carbonyl (C=O) groups is 1. The van der Waals surface area contributed by atoms with Crippen LogP contribution in [0.1, 0.15) is 38.3 Å². The van der Waals surface area contributed by atoms with E-state index in [0.717, 1.165) is 30.5 Å². The highest BCUT2D eigenvalue weighted by Crippen LogP contribution is 2.35. The average Bonchev–Trinajstić information content (AvgIpc) is 3.30. The molecule has 3 rings (SSSR count). The Morgan fingerprint density at radius 3 is 2.57 bits per heavy atom. The van der Waals surface area contributed by atoms with Crippen LogP contribution in [-0.4, -0.2) is 22.7 Å². The Labute approximate surface area is 162 Å². The first-order valence-electron chi connectivity index (χ1n) is 9.13. The summed E-state index contributed by atoms with van der Waals surface area (Å²) in [5, 5.41) is 2.85. The summed E-state index contributed by atoms with van der Waals surface area (Å²) < 4.78 is 43.8.